The first-order valence-electron chi connectivity index (χ1n) is 6.40. The first-order chi connectivity index (χ1) is 8.62. The zero-order valence-corrected chi connectivity index (χ0v) is 13.5. The molecule has 0 saturated carbocycles. The molecule has 1 amide bonds. The van der Waals surface area contributed by atoms with Crippen LogP contribution in [0.2, 0.25) is 0 Å². The Morgan fingerprint density at radius 3 is 2.47 bits per heavy atom. The highest BCUT2D eigenvalue weighted by molar-refractivity contribution is 9.10. The largest absolute Gasteiger partial charge is 0.388 e. The van der Waals surface area contributed by atoms with E-state index in [1.54, 1.807) is 13.8 Å². The summed E-state index contributed by atoms with van der Waals surface area (Å²) in [6.45, 7) is 7.04. The van der Waals surface area contributed by atoms with Crippen molar-refractivity contribution in [2.24, 2.45) is 0 Å². The average molecular weight is 328 g/mol. The number of carbonyl (C=O) groups excluding carboxylic acids is 1. The van der Waals surface area contributed by atoms with Crippen LogP contribution in [0.25, 0.3) is 0 Å². The first kappa shape index (κ1) is 16.2. The number of hydrogen-bond donors (Lipinski definition) is 2. The molecule has 1 rings (SSSR count). The monoisotopic (exact) mass is 327 g/mol. The van der Waals surface area contributed by atoms with Crippen LogP contribution in [0.5, 0.6) is 0 Å². The van der Waals surface area contributed by atoms with E-state index < -0.39 is 11.1 Å². The van der Waals surface area contributed by atoms with Crippen molar-refractivity contribution in [3.05, 3.63) is 34.3 Å². The molecule has 106 valence electrons. The molecule has 19 heavy (non-hydrogen) atoms. The predicted octanol–water partition coefficient (Wildman–Crippen LogP) is 3.05. The molecule has 0 radical (unpaired) electrons. The lowest BCUT2D eigenvalue weighted by Crippen LogP contribution is -2.57. The normalized spacial score (nSPS) is 12.3. The van der Waals surface area contributed by atoms with Crippen molar-refractivity contribution in [1.82, 2.24) is 5.32 Å². The topological polar surface area (TPSA) is 49.3 Å². The van der Waals surface area contributed by atoms with E-state index in [4.69, 9.17) is 0 Å². The number of rotatable bonds is 5. The first-order valence-corrected chi connectivity index (χ1v) is 7.19. The average Bonchev–Trinajstić information content (AvgIpc) is 2.24. The quantitative estimate of drug-likeness (QED) is 0.873. The van der Waals surface area contributed by atoms with Crippen molar-refractivity contribution in [2.75, 3.05) is 0 Å². The van der Waals surface area contributed by atoms with Crippen LogP contribution in [-0.2, 0) is 11.2 Å². The lowest BCUT2D eigenvalue weighted by atomic mass is 9.86. The summed E-state index contributed by atoms with van der Waals surface area (Å²) >= 11 is 3.41. The fourth-order valence-electron chi connectivity index (χ4n) is 1.51. The van der Waals surface area contributed by atoms with E-state index in [1.165, 1.54) is 0 Å². The Hall–Kier alpha value is -0.870. The minimum atomic E-state index is -0.960. The summed E-state index contributed by atoms with van der Waals surface area (Å²) in [5.41, 5.74) is -0.495. The Morgan fingerprint density at radius 1 is 1.32 bits per heavy atom. The van der Waals surface area contributed by atoms with Crippen LogP contribution in [0.15, 0.2) is 28.7 Å². The minimum absolute atomic E-state index is 0.0490. The molecule has 1 aromatic carbocycles. The molecular formula is C15H22BrNO2. The van der Waals surface area contributed by atoms with Gasteiger partial charge < -0.3 is 10.4 Å². The molecule has 0 heterocycles. The van der Waals surface area contributed by atoms with Gasteiger partial charge in [-0.2, -0.15) is 0 Å². The summed E-state index contributed by atoms with van der Waals surface area (Å²) in [5, 5.41) is 12.9. The van der Waals surface area contributed by atoms with Crippen LogP contribution >= 0.6 is 15.9 Å². The standard InChI is InChI=1S/C15H22BrNO2/c1-14(2,15(3,4)19)17-13(18)9-8-11-6-5-7-12(16)10-11/h5-7,10,19H,8-9H2,1-4H3,(H,17,18). The van der Waals surface area contributed by atoms with Gasteiger partial charge in [0.15, 0.2) is 0 Å². The minimum Gasteiger partial charge on any atom is -0.388 e. The van der Waals surface area contributed by atoms with Crippen LogP contribution < -0.4 is 5.32 Å². The third-order valence-corrected chi connectivity index (χ3v) is 4.00. The van der Waals surface area contributed by atoms with Gasteiger partial charge in [-0.05, 0) is 51.8 Å². The van der Waals surface area contributed by atoms with E-state index in [9.17, 15) is 9.90 Å². The van der Waals surface area contributed by atoms with E-state index in [1.807, 2.05) is 38.1 Å². The molecule has 0 aromatic heterocycles. The van der Waals surface area contributed by atoms with E-state index in [2.05, 4.69) is 21.2 Å². The van der Waals surface area contributed by atoms with Crippen LogP contribution in [0.3, 0.4) is 0 Å². The second-order valence-electron chi connectivity index (χ2n) is 5.86. The number of benzene rings is 1. The van der Waals surface area contributed by atoms with E-state index in [0.717, 1.165) is 10.0 Å². The Kier molecular flexibility index (Phi) is 5.16. The molecule has 0 unspecified atom stereocenters. The molecule has 0 aliphatic carbocycles. The van der Waals surface area contributed by atoms with Gasteiger partial charge in [-0.25, -0.2) is 0 Å². The number of aliphatic hydroxyl groups is 1. The predicted molar refractivity (Wildman–Crippen MR) is 81.0 cm³/mol. The third-order valence-electron chi connectivity index (χ3n) is 3.51. The maximum atomic E-state index is 11.9. The highest BCUT2D eigenvalue weighted by Crippen LogP contribution is 2.20. The van der Waals surface area contributed by atoms with Gasteiger partial charge >= 0.3 is 0 Å². The summed E-state index contributed by atoms with van der Waals surface area (Å²) in [6.07, 6.45) is 1.10. The molecule has 3 nitrogen and oxygen atoms in total. The fraction of sp³-hybridized carbons (Fsp3) is 0.533. The lowest BCUT2D eigenvalue weighted by molar-refractivity contribution is -0.126. The van der Waals surface area contributed by atoms with Crippen LogP contribution in [0, 0.1) is 0 Å². The van der Waals surface area contributed by atoms with Crippen molar-refractivity contribution in [3.63, 3.8) is 0 Å². The molecule has 0 aliphatic rings. The van der Waals surface area contributed by atoms with Crippen molar-refractivity contribution >= 4 is 21.8 Å². The van der Waals surface area contributed by atoms with E-state index >= 15 is 0 Å². The summed E-state index contributed by atoms with van der Waals surface area (Å²) in [6, 6.07) is 7.92. The second kappa shape index (κ2) is 6.06. The molecule has 0 atom stereocenters. The summed E-state index contributed by atoms with van der Waals surface area (Å²) < 4.78 is 1.02. The maximum absolute atomic E-state index is 11.9. The Labute approximate surface area is 123 Å². The lowest BCUT2D eigenvalue weighted by Gasteiger charge is -2.38. The Balaban J connectivity index is 2.53. The molecule has 4 heteroatoms. The number of hydrogen-bond acceptors (Lipinski definition) is 2. The van der Waals surface area contributed by atoms with Gasteiger partial charge in [0.25, 0.3) is 0 Å². The molecule has 0 saturated heterocycles. The second-order valence-corrected chi connectivity index (χ2v) is 6.78. The summed E-state index contributed by atoms with van der Waals surface area (Å²) in [5.74, 6) is -0.0490. The Bertz CT molecular complexity index is 450. The van der Waals surface area contributed by atoms with Crippen molar-refractivity contribution in [2.45, 2.75) is 51.7 Å². The number of amides is 1. The zero-order chi connectivity index (χ0) is 14.7. The highest BCUT2D eigenvalue weighted by Gasteiger charge is 2.36. The van der Waals surface area contributed by atoms with Gasteiger partial charge in [0.2, 0.25) is 5.91 Å². The Morgan fingerprint density at radius 2 is 1.95 bits per heavy atom. The molecule has 0 fully saturated rings. The fourth-order valence-corrected chi connectivity index (χ4v) is 1.96. The molecule has 2 N–H and O–H groups in total. The summed E-state index contributed by atoms with van der Waals surface area (Å²) in [4.78, 5) is 11.9. The van der Waals surface area contributed by atoms with Gasteiger partial charge in [0.05, 0.1) is 11.1 Å². The zero-order valence-electron chi connectivity index (χ0n) is 12.0. The molecule has 1 aromatic rings. The maximum Gasteiger partial charge on any atom is 0.220 e. The summed E-state index contributed by atoms with van der Waals surface area (Å²) in [7, 11) is 0. The number of halogens is 1. The highest BCUT2D eigenvalue weighted by atomic mass is 79.9. The van der Waals surface area contributed by atoms with Crippen molar-refractivity contribution in [1.29, 1.82) is 0 Å². The van der Waals surface area contributed by atoms with Crippen LogP contribution in [-0.4, -0.2) is 22.2 Å². The van der Waals surface area contributed by atoms with Gasteiger partial charge in [0.1, 0.15) is 0 Å². The smallest absolute Gasteiger partial charge is 0.220 e. The van der Waals surface area contributed by atoms with Gasteiger partial charge in [0, 0.05) is 10.9 Å². The van der Waals surface area contributed by atoms with E-state index in [-0.39, 0.29) is 5.91 Å². The van der Waals surface area contributed by atoms with E-state index in [0.29, 0.717) is 12.8 Å². The van der Waals surface area contributed by atoms with Crippen LogP contribution in [0.1, 0.15) is 39.7 Å². The SMILES string of the molecule is CC(C)(O)C(C)(C)NC(=O)CCc1cccc(Br)c1. The van der Waals surface area contributed by atoms with Gasteiger partial charge in [-0.15, -0.1) is 0 Å². The van der Waals surface area contributed by atoms with Crippen LogP contribution in [0.4, 0.5) is 0 Å². The molecular weight excluding hydrogens is 306 g/mol. The molecule has 0 spiro atoms. The molecule has 0 aliphatic heterocycles. The van der Waals surface area contributed by atoms with Gasteiger partial charge in [-0.3, -0.25) is 4.79 Å². The third kappa shape index (κ3) is 4.96. The number of nitrogens with one attached hydrogen (secondary N) is 1. The van der Waals surface area contributed by atoms with Crippen molar-refractivity contribution < 1.29 is 9.90 Å². The molecule has 0 bridgehead atoms. The van der Waals surface area contributed by atoms with Gasteiger partial charge in [-0.1, -0.05) is 28.1 Å². The number of carbonyl (C=O) groups is 1. The van der Waals surface area contributed by atoms with Crippen molar-refractivity contribution in [3.8, 4) is 0 Å². The number of aryl methyl sites for hydroxylation is 1.